The summed E-state index contributed by atoms with van der Waals surface area (Å²) >= 11 is 0. The van der Waals surface area contributed by atoms with Crippen LogP contribution in [0.4, 0.5) is 0 Å². The molecule has 2 amide bonds. The molecule has 1 saturated carbocycles. The Labute approximate surface area is 128 Å². The summed E-state index contributed by atoms with van der Waals surface area (Å²) in [6.07, 6.45) is 3.56. The monoisotopic (exact) mass is 304 g/mol. The van der Waals surface area contributed by atoms with Crippen LogP contribution >= 0.6 is 0 Å². The topological polar surface area (TPSA) is 85.8 Å². The SMILES string of the molecule is CC1CC1c1ccc(/C=C/C(=O)N2CCOC(C(N)=O)C2)o1. The molecule has 2 N–H and O–H groups in total. The van der Waals surface area contributed by atoms with Gasteiger partial charge in [-0.05, 0) is 30.5 Å². The van der Waals surface area contributed by atoms with Gasteiger partial charge in [0.25, 0.3) is 0 Å². The van der Waals surface area contributed by atoms with Gasteiger partial charge in [0, 0.05) is 18.5 Å². The lowest BCUT2D eigenvalue weighted by Gasteiger charge is -2.30. The first kappa shape index (κ1) is 14.8. The van der Waals surface area contributed by atoms with Crippen LogP contribution in [0.3, 0.4) is 0 Å². The van der Waals surface area contributed by atoms with Gasteiger partial charge in [-0.15, -0.1) is 0 Å². The fourth-order valence-corrected chi connectivity index (χ4v) is 2.66. The molecule has 0 spiro atoms. The minimum absolute atomic E-state index is 0.174. The summed E-state index contributed by atoms with van der Waals surface area (Å²) < 4.78 is 10.9. The van der Waals surface area contributed by atoms with Gasteiger partial charge >= 0.3 is 0 Å². The minimum Gasteiger partial charge on any atom is -0.461 e. The zero-order valence-electron chi connectivity index (χ0n) is 12.5. The van der Waals surface area contributed by atoms with Crippen LogP contribution in [0.1, 0.15) is 30.8 Å². The Hall–Kier alpha value is -2.08. The highest BCUT2D eigenvalue weighted by Crippen LogP contribution is 2.47. The molecule has 6 nitrogen and oxygen atoms in total. The van der Waals surface area contributed by atoms with E-state index in [0.29, 0.717) is 30.7 Å². The van der Waals surface area contributed by atoms with Crippen LogP contribution in [0, 0.1) is 5.92 Å². The van der Waals surface area contributed by atoms with Gasteiger partial charge in [-0.3, -0.25) is 9.59 Å². The summed E-state index contributed by atoms with van der Waals surface area (Å²) in [4.78, 5) is 24.8. The molecule has 0 aromatic carbocycles. The van der Waals surface area contributed by atoms with Crippen molar-refractivity contribution < 1.29 is 18.7 Å². The predicted octanol–water partition coefficient (Wildman–Crippen LogP) is 1.13. The van der Waals surface area contributed by atoms with Gasteiger partial charge in [0.1, 0.15) is 11.5 Å². The summed E-state index contributed by atoms with van der Waals surface area (Å²) in [5, 5.41) is 0. The molecule has 3 rings (SSSR count). The summed E-state index contributed by atoms with van der Waals surface area (Å²) in [5.41, 5.74) is 5.21. The van der Waals surface area contributed by atoms with E-state index in [1.165, 1.54) is 6.08 Å². The van der Waals surface area contributed by atoms with E-state index in [1.807, 2.05) is 12.1 Å². The number of primary amides is 1. The normalized spacial score (nSPS) is 28.0. The zero-order chi connectivity index (χ0) is 15.7. The van der Waals surface area contributed by atoms with Crippen LogP contribution in [0.5, 0.6) is 0 Å². The molecule has 6 heteroatoms. The van der Waals surface area contributed by atoms with Crippen LogP contribution < -0.4 is 5.73 Å². The van der Waals surface area contributed by atoms with E-state index in [9.17, 15) is 9.59 Å². The lowest BCUT2D eigenvalue weighted by atomic mass is 10.2. The van der Waals surface area contributed by atoms with Crippen molar-refractivity contribution in [2.75, 3.05) is 19.7 Å². The molecule has 2 fully saturated rings. The van der Waals surface area contributed by atoms with Crippen LogP contribution in [-0.4, -0.2) is 42.5 Å². The number of carbonyl (C=O) groups is 2. The molecule has 1 aliphatic heterocycles. The highest BCUT2D eigenvalue weighted by atomic mass is 16.5. The third-order valence-corrected chi connectivity index (χ3v) is 4.21. The van der Waals surface area contributed by atoms with Crippen LogP contribution in [-0.2, 0) is 14.3 Å². The molecule has 118 valence electrons. The van der Waals surface area contributed by atoms with Gasteiger partial charge in [-0.2, -0.15) is 0 Å². The highest BCUT2D eigenvalue weighted by molar-refractivity contribution is 5.92. The van der Waals surface area contributed by atoms with E-state index in [2.05, 4.69) is 6.92 Å². The van der Waals surface area contributed by atoms with Crippen molar-refractivity contribution in [3.63, 3.8) is 0 Å². The van der Waals surface area contributed by atoms with Crippen molar-refractivity contribution in [2.24, 2.45) is 11.7 Å². The molecule has 1 aromatic rings. The number of carbonyl (C=O) groups excluding carboxylic acids is 2. The molecule has 0 bridgehead atoms. The zero-order valence-corrected chi connectivity index (χ0v) is 12.5. The number of furan rings is 1. The van der Waals surface area contributed by atoms with Gasteiger partial charge in [-0.25, -0.2) is 0 Å². The summed E-state index contributed by atoms with van der Waals surface area (Å²) in [7, 11) is 0. The number of amides is 2. The molecule has 22 heavy (non-hydrogen) atoms. The Balaban J connectivity index is 1.58. The van der Waals surface area contributed by atoms with Gasteiger partial charge in [0.2, 0.25) is 11.8 Å². The Morgan fingerprint density at radius 1 is 1.41 bits per heavy atom. The average molecular weight is 304 g/mol. The fraction of sp³-hybridized carbons (Fsp3) is 0.500. The van der Waals surface area contributed by atoms with Gasteiger partial charge < -0.3 is 19.8 Å². The number of hydrogen-bond donors (Lipinski definition) is 1. The lowest BCUT2D eigenvalue weighted by Crippen LogP contribution is -2.50. The Morgan fingerprint density at radius 2 is 2.18 bits per heavy atom. The van der Waals surface area contributed by atoms with E-state index in [1.54, 1.807) is 11.0 Å². The standard InChI is InChI=1S/C16H20N2O4/c1-10-8-12(10)13-4-2-11(22-13)3-5-15(19)18-6-7-21-14(9-18)16(17)20/h2-5,10,12,14H,6-9H2,1H3,(H2,17,20)/b5-3+. The Bertz CT molecular complexity index is 607. The molecule has 1 aromatic heterocycles. The molecule has 0 radical (unpaired) electrons. The first-order valence-corrected chi connectivity index (χ1v) is 7.52. The van der Waals surface area contributed by atoms with Crippen molar-refractivity contribution >= 4 is 17.9 Å². The van der Waals surface area contributed by atoms with Crippen molar-refractivity contribution in [3.8, 4) is 0 Å². The number of morpholine rings is 1. The maximum atomic E-state index is 12.1. The van der Waals surface area contributed by atoms with E-state index >= 15 is 0 Å². The quantitative estimate of drug-likeness (QED) is 0.845. The van der Waals surface area contributed by atoms with Crippen LogP contribution in [0.2, 0.25) is 0 Å². The third kappa shape index (κ3) is 3.22. The Kier molecular flexibility index (Phi) is 4.02. The average Bonchev–Trinajstić information content (AvgIpc) is 3.06. The third-order valence-electron chi connectivity index (χ3n) is 4.21. The van der Waals surface area contributed by atoms with E-state index in [4.69, 9.17) is 14.9 Å². The van der Waals surface area contributed by atoms with Gasteiger partial charge in [0.05, 0.1) is 13.2 Å². The molecule has 2 heterocycles. The molecule has 2 aliphatic rings. The Morgan fingerprint density at radius 3 is 2.86 bits per heavy atom. The second-order valence-electron chi connectivity index (χ2n) is 5.94. The van der Waals surface area contributed by atoms with Gasteiger partial charge in [0.15, 0.2) is 6.10 Å². The van der Waals surface area contributed by atoms with Crippen LogP contribution in [0.25, 0.3) is 6.08 Å². The first-order valence-electron chi connectivity index (χ1n) is 7.52. The number of ether oxygens (including phenoxy) is 1. The van der Waals surface area contributed by atoms with Crippen molar-refractivity contribution in [2.45, 2.75) is 25.4 Å². The molecule has 3 unspecified atom stereocenters. The molecule has 3 atom stereocenters. The number of hydrogen-bond acceptors (Lipinski definition) is 4. The van der Waals surface area contributed by atoms with Gasteiger partial charge in [-0.1, -0.05) is 6.92 Å². The largest absolute Gasteiger partial charge is 0.461 e. The van der Waals surface area contributed by atoms with Crippen LogP contribution in [0.15, 0.2) is 22.6 Å². The molecular formula is C16H20N2O4. The summed E-state index contributed by atoms with van der Waals surface area (Å²) in [6, 6.07) is 3.84. The lowest BCUT2D eigenvalue weighted by molar-refractivity contribution is -0.142. The number of nitrogens with zero attached hydrogens (tertiary/aromatic N) is 1. The highest BCUT2D eigenvalue weighted by Gasteiger charge is 2.36. The smallest absolute Gasteiger partial charge is 0.248 e. The second-order valence-corrected chi connectivity index (χ2v) is 5.94. The fourth-order valence-electron chi connectivity index (χ4n) is 2.66. The van der Waals surface area contributed by atoms with E-state index in [-0.39, 0.29) is 12.5 Å². The predicted molar refractivity (Wildman–Crippen MR) is 79.8 cm³/mol. The van der Waals surface area contributed by atoms with E-state index < -0.39 is 12.0 Å². The first-order chi connectivity index (χ1) is 10.5. The van der Waals surface area contributed by atoms with E-state index in [0.717, 1.165) is 12.2 Å². The maximum Gasteiger partial charge on any atom is 0.248 e. The molecule has 1 aliphatic carbocycles. The number of nitrogens with two attached hydrogens (primary N) is 1. The molecular weight excluding hydrogens is 284 g/mol. The van der Waals surface area contributed by atoms with Crippen molar-refractivity contribution in [1.29, 1.82) is 0 Å². The maximum absolute atomic E-state index is 12.1. The molecule has 1 saturated heterocycles. The minimum atomic E-state index is -0.724. The summed E-state index contributed by atoms with van der Waals surface area (Å²) in [6.45, 7) is 3.16. The van der Waals surface area contributed by atoms with Crippen molar-refractivity contribution in [3.05, 3.63) is 29.7 Å². The number of rotatable bonds is 4. The second kappa shape index (κ2) is 5.96. The van der Waals surface area contributed by atoms with Crippen molar-refractivity contribution in [1.82, 2.24) is 4.90 Å². The summed E-state index contributed by atoms with van der Waals surface area (Å²) in [5.74, 6) is 2.14.